The quantitative estimate of drug-likeness (QED) is 0.771. The minimum absolute atomic E-state index is 0.00819. The maximum absolute atomic E-state index is 9.95. The number of phenols is 1. The van der Waals surface area contributed by atoms with Gasteiger partial charge >= 0.3 is 0 Å². The lowest BCUT2D eigenvalue weighted by Gasteiger charge is -2.26. The molecule has 1 aliphatic rings. The van der Waals surface area contributed by atoms with Crippen LogP contribution in [0.15, 0.2) is 12.1 Å². The molecule has 3 nitrogen and oxygen atoms in total. The molecule has 0 bridgehead atoms. The van der Waals surface area contributed by atoms with Crippen LogP contribution in [0.5, 0.6) is 5.75 Å². The average Bonchev–Trinajstić information content (AvgIpc) is 2.26. The molecule has 15 heavy (non-hydrogen) atoms. The van der Waals surface area contributed by atoms with Crippen molar-refractivity contribution in [2.75, 3.05) is 19.8 Å². The summed E-state index contributed by atoms with van der Waals surface area (Å²) >= 11 is 6.08. The molecule has 1 unspecified atom stereocenters. The predicted octanol–water partition coefficient (Wildman–Crippen LogP) is 2.01. The predicted molar refractivity (Wildman–Crippen MR) is 59.4 cm³/mol. The fourth-order valence-electron chi connectivity index (χ4n) is 1.77. The third kappa shape index (κ3) is 2.09. The summed E-state index contributed by atoms with van der Waals surface area (Å²) in [5.41, 5.74) is 1.58. The van der Waals surface area contributed by atoms with Crippen LogP contribution in [0.1, 0.15) is 17.2 Å². The average molecular weight is 228 g/mol. The molecule has 1 heterocycles. The van der Waals surface area contributed by atoms with Crippen molar-refractivity contribution in [1.29, 1.82) is 0 Å². The van der Waals surface area contributed by atoms with E-state index in [1.165, 1.54) is 0 Å². The Kier molecular flexibility index (Phi) is 3.14. The first kappa shape index (κ1) is 10.7. The van der Waals surface area contributed by atoms with Crippen LogP contribution >= 0.6 is 11.6 Å². The van der Waals surface area contributed by atoms with E-state index in [0.717, 1.165) is 17.7 Å². The van der Waals surface area contributed by atoms with Crippen LogP contribution < -0.4 is 5.32 Å². The Morgan fingerprint density at radius 1 is 1.53 bits per heavy atom. The van der Waals surface area contributed by atoms with Crippen LogP contribution in [0.25, 0.3) is 0 Å². The molecule has 0 spiro atoms. The number of morpholine rings is 1. The first-order valence-corrected chi connectivity index (χ1v) is 5.37. The van der Waals surface area contributed by atoms with Gasteiger partial charge in [0.25, 0.3) is 0 Å². The van der Waals surface area contributed by atoms with Gasteiger partial charge in [-0.15, -0.1) is 0 Å². The van der Waals surface area contributed by atoms with Gasteiger partial charge in [0, 0.05) is 17.1 Å². The molecule has 4 heteroatoms. The molecule has 1 aliphatic heterocycles. The monoisotopic (exact) mass is 227 g/mol. The number of rotatable bonds is 1. The van der Waals surface area contributed by atoms with Crippen LogP contribution in [0.3, 0.4) is 0 Å². The zero-order valence-electron chi connectivity index (χ0n) is 8.59. The Bertz CT molecular complexity index is 362. The molecule has 0 saturated carbocycles. The number of benzene rings is 1. The molecule has 0 radical (unpaired) electrons. The van der Waals surface area contributed by atoms with E-state index in [4.69, 9.17) is 16.3 Å². The zero-order chi connectivity index (χ0) is 10.8. The molecule has 1 aromatic carbocycles. The summed E-state index contributed by atoms with van der Waals surface area (Å²) in [5.74, 6) is 0.269. The van der Waals surface area contributed by atoms with Crippen molar-refractivity contribution < 1.29 is 9.84 Å². The second-order valence-electron chi connectivity index (χ2n) is 3.71. The second kappa shape index (κ2) is 4.39. The van der Waals surface area contributed by atoms with E-state index >= 15 is 0 Å². The molecule has 1 atom stereocenters. The van der Waals surface area contributed by atoms with E-state index in [0.29, 0.717) is 18.2 Å². The summed E-state index contributed by atoms with van der Waals surface area (Å²) in [6.45, 7) is 3.91. The van der Waals surface area contributed by atoms with Crippen molar-refractivity contribution in [3.63, 3.8) is 0 Å². The smallest absolute Gasteiger partial charge is 0.124 e. The summed E-state index contributed by atoms with van der Waals surface area (Å²) in [5, 5.41) is 13.8. The summed E-state index contributed by atoms with van der Waals surface area (Å²) in [4.78, 5) is 0. The van der Waals surface area contributed by atoms with Crippen molar-refractivity contribution in [1.82, 2.24) is 5.32 Å². The van der Waals surface area contributed by atoms with E-state index in [-0.39, 0.29) is 11.8 Å². The molecule has 82 valence electrons. The molecule has 2 N–H and O–H groups in total. The highest BCUT2D eigenvalue weighted by Crippen LogP contribution is 2.34. The van der Waals surface area contributed by atoms with Gasteiger partial charge in [0.05, 0.1) is 19.3 Å². The highest BCUT2D eigenvalue weighted by molar-refractivity contribution is 6.31. The molecule has 1 saturated heterocycles. The number of ether oxygens (including phenoxy) is 1. The van der Waals surface area contributed by atoms with Crippen LogP contribution in [0, 0.1) is 6.92 Å². The van der Waals surface area contributed by atoms with Crippen LogP contribution in [-0.2, 0) is 4.74 Å². The highest BCUT2D eigenvalue weighted by Gasteiger charge is 2.22. The Morgan fingerprint density at radius 3 is 3.00 bits per heavy atom. The first-order chi connectivity index (χ1) is 7.20. The standard InChI is InChI=1S/C11H14ClNO2/c1-7-2-3-8(12)10(11(7)14)9-6-15-5-4-13-9/h2-3,9,13-14H,4-6H2,1H3. The fraction of sp³-hybridized carbons (Fsp3) is 0.455. The molecule has 1 aromatic rings. The number of aromatic hydroxyl groups is 1. The van der Waals surface area contributed by atoms with Gasteiger partial charge in [-0.25, -0.2) is 0 Å². The first-order valence-electron chi connectivity index (χ1n) is 4.99. The van der Waals surface area contributed by atoms with Gasteiger partial charge < -0.3 is 15.2 Å². The van der Waals surface area contributed by atoms with Crippen molar-refractivity contribution in [2.24, 2.45) is 0 Å². The van der Waals surface area contributed by atoms with Crippen LogP contribution in [-0.4, -0.2) is 24.9 Å². The molecule has 2 rings (SSSR count). The lowest BCUT2D eigenvalue weighted by Crippen LogP contribution is -2.34. The molecular weight excluding hydrogens is 214 g/mol. The minimum Gasteiger partial charge on any atom is -0.507 e. The summed E-state index contributed by atoms with van der Waals surface area (Å²) in [6, 6.07) is 3.61. The number of nitrogens with one attached hydrogen (secondary N) is 1. The zero-order valence-corrected chi connectivity index (χ0v) is 9.34. The van der Waals surface area contributed by atoms with Gasteiger partial charge in [-0.2, -0.15) is 0 Å². The minimum atomic E-state index is -0.00819. The van der Waals surface area contributed by atoms with Crippen LogP contribution in [0.4, 0.5) is 0 Å². The van der Waals surface area contributed by atoms with Gasteiger partial charge in [-0.1, -0.05) is 17.7 Å². The van der Waals surface area contributed by atoms with E-state index in [1.54, 1.807) is 0 Å². The van der Waals surface area contributed by atoms with E-state index < -0.39 is 0 Å². The Hall–Kier alpha value is -0.770. The Morgan fingerprint density at radius 2 is 2.33 bits per heavy atom. The number of hydrogen-bond acceptors (Lipinski definition) is 3. The Balaban J connectivity index is 2.36. The molecular formula is C11H14ClNO2. The highest BCUT2D eigenvalue weighted by atomic mass is 35.5. The van der Waals surface area contributed by atoms with E-state index in [9.17, 15) is 5.11 Å². The van der Waals surface area contributed by atoms with Crippen molar-refractivity contribution in [2.45, 2.75) is 13.0 Å². The van der Waals surface area contributed by atoms with Gasteiger partial charge in [-0.3, -0.25) is 0 Å². The maximum Gasteiger partial charge on any atom is 0.124 e. The van der Waals surface area contributed by atoms with Gasteiger partial charge in [0.15, 0.2) is 0 Å². The summed E-state index contributed by atoms with van der Waals surface area (Å²) in [6.07, 6.45) is 0. The maximum atomic E-state index is 9.95. The lowest BCUT2D eigenvalue weighted by atomic mass is 10.0. The lowest BCUT2D eigenvalue weighted by molar-refractivity contribution is 0.0761. The third-order valence-electron chi connectivity index (χ3n) is 2.64. The van der Waals surface area contributed by atoms with Crippen molar-refractivity contribution in [3.8, 4) is 5.75 Å². The SMILES string of the molecule is Cc1ccc(Cl)c(C2COCCN2)c1O. The van der Waals surface area contributed by atoms with Gasteiger partial charge in [-0.05, 0) is 18.6 Å². The van der Waals surface area contributed by atoms with Crippen molar-refractivity contribution >= 4 is 11.6 Å². The summed E-state index contributed by atoms with van der Waals surface area (Å²) < 4.78 is 5.35. The van der Waals surface area contributed by atoms with E-state index in [2.05, 4.69) is 5.32 Å². The molecule has 0 amide bonds. The second-order valence-corrected chi connectivity index (χ2v) is 4.12. The number of aryl methyl sites for hydroxylation is 1. The van der Waals surface area contributed by atoms with Crippen molar-refractivity contribution in [3.05, 3.63) is 28.3 Å². The van der Waals surface area contributed by atoms with Crippen LogP contribution in [0.2, 0.25) is 5.02 Å². The summed E-state index contributed by atoms with van der Waals surface area (Å²) in [7, 11) is 0. The fourth-order valence-corrected chi connectivity index (χ4v) is 2.06. The molecule has 1 fully saturated rings. The number of hydrogen-bond donors (Lipinski definition) is 2. The number of halogens is 1. The van der Waals surface area contributed by atoms with Gasteiger partial charge in [0.2, 0.25) is 0 Å². The normalized spacial score (nSPS) is 21.6. The van der Waals surface area contributed by atoms with E-state index in [1.807, 2.05) is 19.1 Å². The number of phenolic OH excluding ortho intramolecular Hbond substituents is 1. The largest absolute Gasteiger partial charge is 0.507 e. The third-order valence-corrected chi connectivity index (χ3v) is 2.97. The van der Waals surface area contributed by atoms with Gasteiger partial charge in [0.1, 0.15) is 5.75 Å². The molecule has 0 aliphatic carbocycles. The Labute approximate surface area is 94.0 Å². The molecule has 0 aromatic heterocycles. The topological polar surface area (TPSA) is 41.5 Å².